The number of imidazole rings is 1. The van der Waals surface area contributed by atoms with Gasteiger partial charge in [-0.05, 0) is 43.8 Å². The number of hydrogen-bond donors (Lipinski definition) is 2. The molecule has 1 aromatic heterocycles. The van der Waals surface area contributed by atoms with Gasteiger partial charge in [0.15, 0.2) is 5.16 Å². The monoisotopic (exact) mass is 283 g/mol. The highest BCUT2D eigenvalue weighted by molar-refractivity contribution is 7.99. The second kappa shape index (κ2) is 5.69. The zero-order valence-corrected chi connectivity index (χ0v) is 12.4. The summed E-state index contributed by atoms with van der Waals surface area (Å²) in [5, 5.41) is 4.17. The predicted molar refractivity (Wildman–Crippen MR) is 84.1 cm³/mol. The topological polar surface area (TPSA) is 40.7 Å². The van der Waals surface area contributed by atoms with Gasteiger partial charge in [-0.2, -0.15) is 0 Å². The van der Waals surface area contributed by atoms with E-state index in [9.17, 15) is 0 Å². The van der Waals surface area contributed by atoms with E-state index in [-0.39, 0.29) is 0 Å². The average Bonchev–Trinajstić information content (AvgIpc) is 2.89. The Labute approximate surface area is 122 Å². The minimum absolute atomic E-state index is 0.375. The summed E-state index contributed by atoms with van der Waals surface area (Å²) in [7, 11) is 1.97. The van der Waals surface area contributed by atoms with Crippen LogP contribution in [-0.4, -0.2) is 17.0 Å². The maximum absolute atomic E-state index is 4.58. The highest BCUT2D eigenvalue weighted by atomic mass is 32.2. The van der Waals surface area contributed by atoms with Gasteiger partial charge in [-0.25, -0.2) is 4.98 Å². The second-order valence-electron chi connectivity index (χ2n) is 4.74. The van der Waals surface area contributed by atoms with Gasteiger partial charge in [0, 0.05) is 10.9 Å². The van der Waals surface area contributed by atoms with E-state index in [1.807, 2.05) is 31.3 Å². The number of nitrogens with zero attached hydrogens (tertiary/aromatic N) is 1. The van der Waals surface area contributed by atoms with Crippen LogP contribution in [0.5, 0.6) is 0 Å². The molecule has 0 saturated heterocycles. The van der Waals surface area contributed by atoms with Crippen molar-refractivity contribution < 1.29 is 0 Å². The number of H-pyrrole nitrogens is 1. The van der Waals surface area contributed by atoms with Crippen LogP contribution in [0.3, 0.4) is 0 Å². The molecule has 0 spiro atoms. The van der Waals surface area contributed by atoms with Crippen molar-refractivity contribution in [1.29, 1.82) is 0 Å². The maximum atomic E-state index is 4.58. The Hall–Kier alpha value is -1.78. The summed E-state index contributed by atoms with van der Waals surface area (Å²) in [5.74, 6) is 0. The normalized spacial score (nSPS) is 12.7. The van der Waals surface area contributed by atoms with Crippen LogP contribution in [0.2, 0.25) is 0 Å². The van der Waals surface area contributed by atoms with Crippen LogP contribution >= 0.6 is 11.8 Å². The number of fused-ring (bicyclic) bond motifs is 1. The highest BCUT2D eigenvalue weighted by Gasteiger charge is 2.06. The largest absolute Gasteiger partial charge is 0.333 e. The molecule has 2 N–H and O–H groups in total. The lowest BCUT2D eigenvalue weighted by molar-refractivity contribution is 0.652. The molecule has 0 saturated carbocycles. The molecule has 4 heteroatoms. The third-order valence-electron chi connectivity index (χ3n) is 3.40. The van der Waals surface area contributed by atoms with Crippen molar-refractivity contribution in [3.05, 3.63) is 54.1 Å². The minimum atomic E-state index is 0.375. The first-order valence-electron chi connectivity index (χ1n) is 6.66. The van der Waals surface area contributed by atoms with E-state index in [0.717, 1.165) is 16.2 Å². The molecule has 0 fully saturated rings. The van der Waals surface area contributed by atoms with Crippen LogP contribution < -0.4 is 5.32 Å². The Kier molecular flexibility index (Phi) is 3.76. The minimum Gasteiger partial charge on any atom is -0.333 e. The SMILES string of the molecule is CNC(C)c1ccc(Sc2nc3ccccc3[nH]2)cc1. The molecule has 1 unspecified atom stereocenters. The summed E-state index contributed by atoms with van der Waals surface area (Å²) in [5.41, 5.74) is 3.38. The Morgan fingerprint density at radius 2 is 1.85 bits per heavy atom. The smallest absolute Gasteiger partial charge is 0.171 e. The van der Waals surface area contributed by atoms with Crippen molar-refractivity contribution >= 4 is 22.8 Å². The van der Waals surface area contributed by atoms with Crippen molar-refractivity contribution in [3.63, 3.8) is 0 Å². The standard InChI is InChI=1S/C16H17N3S/c1-11(17-2)12-7-9-13(10-8-12)20-16-18-14-5-3-4-6-15(14)19-16/h3-11,17H,1-2H3,(H,18,19). The van der Waals surface area contributed by atoms with Crippen LogP contribution in [0, 0.1) is 0 Å². The van der Waals surface area contributed by atoms with Crippen molar-refractivity contribution in [2.24, 2.45) is 0 Å². The number of aromatic nitrogens is 2. The van der Waals surface area contributed by atoms with E-state index in [1.54, 1.807) is 11.8 Å². The van der Waals surface area contributed by atoms with E-state index in [1.165, 1.54) is 10.5 Å². The molecular weight excluding hydrogens is 266 g/mol. The van der Waals surface area contributed by atoms with Gasteiger partial charge in [0.1, 0.15) is 0 Å². The van der Waals surface area contributed by atoms with Gasteiger partial charge < -0.3 is 10.3 Å². The van der Waals surface area contributed by atoms with Crippen LogP contribution in [0.1, 0.15) is 18.5 Å². The fraction of sp³-hybridized carbons (Fsp3) is 0.188. The Morgan fingerprint density at radius 1 is 1.10 bits per heavy atom. The first kappa shape index (κ1) is 13.2. The summed E-state index contributed by atoms with van der Waals surface area (Å²) in [4.78, 5) is 9.10. The number of rotatable bonds is 4. The van der Waals surface area contributed by atoms with Gasteiger partial charge in [0.2, 0.25) is 0 Å². The lowest BCUT2D eigenvalue weighted by atomic mass is 10.1. The summed E-state index contributed by atoms with van der Waals surface area (Å²) in [6.45, 7) is 2.15. The van der Waals surface area contributed by atoms with Gasteiger partial charge in [-0.1, -0.05) is 36.0 Å². The quantitative estimate of drug-likeness (QED) is 0.760. The zero-order valence-electron chi connectivity index (χ0n) is 11.6. The summed E-state index contributed by atoms with van der Waals surface area (Å²) >= 11 is 1.65. The zero-order chi connectivity index (χ0) is 13.9. The lowest BCUT2D eigenvalue weighted by Gasteiger charge is -2.10. The first-order chi connectivity index (χ1) is 9.76. The van der Waals surface area contributed by atoms with Gasteiger partial charge in [0.05, 0.1) is 11.0 Å². The molecule has 0 aliphatic rings. The summed E-state index contributed by atoms with van der Waals surface area (Å²) in [6, 6.07) is 17.1. The molecule has 0 aliphatic carbocycles. The van der Waals surface area contributed by atoms with Gasteiger partial charge in [-0.3, -0.25) is 0 Å². The fourth-order valence-corrected chi connectivity index (χ4v) is 2.88. The molecule has 3 rings (SSSR count). The Morgan fingerprint density at radius 3 is 2.55 bits per heavy atom. The van der Waals surface area contributed by atoms with E-state index >= 15 is 0 Å². The number of benzene rings is 2. The average molecular weight is 283 g/mol. The van der Waals surface area contributed by atoms with Crippen molar-refractivity contribution in [2.75, 3.05) is 7.05 Å². The molecule has 3 nitrogen and oxygen atoms in total. The Bertz CT molecular complexity index is 670. The molecule has 1 atom stereocenters. The third-order valence-corrected chi connectivity index (χ3v) is 4.29. The fourth-order valence-electron chi connectivity index (χ4n) is 2.08. The van der Waals surface area contributed by atoms with Gasteiger partial charge in [0.25, 0.3) is 0 Å². The summed E-state index contributed by atoms with van der Waals surface area (Å²) in [6.07, 6.45) is 0. The first-order valence-corrected chi connectivity index (χ1v) is 7.48. The van der Waals surface area contributed by atoms with Gasteiger partial charge in [-0.15, -0.1) is 0 Å². The van der Waals surface area contributed by atoms with E-state index in [4.69, 9.17) is 0 Å². The molecule has 102 valence electrons. The predicted octanol–water partition coefficient (Wildman–Crippen LogP) is 3.99. The third kappa shape index (κ3) is 2.71. The Balaban J connectivity index is 1.80. The maximum Gasteiger partial charge on any atom is 0.171 e. The lowest BCUT2D eigenvalue weighted by Crippen LogP contribution is -2.11. The van der Waals surface area contributed by atoms with Gasteiger partial charge >= 0.3 is 0 Å². The molecule has 0 radical (unpaired) electrons. The van der Waals surface area contributed by atoms with Crippen LogP contribution in [-0.2, 0) is 0 Å². The molecule has 0 bridgehead atoms. The van der Waals surface area contributed by atoms with Crippen LogP contribution in [0.4, 0.5) is 0 Å². The second-order valence-corrected chi connectivity index (χ2v) is 5.80. The number of aromatic amines is 1. The molecule has 0 aliphatic heterocycles. The van der Waals surface area contributed by atoms with Crippen LogP contribution in [0.15, 0.2) is 58.6 Å². The summed E-state index contributed by atoms with van der Waals surface area (Å²) < 4.78 is 0. The number of para-hydroxylation sites is 2. The molecular formula is C16H17N3S. The van der Waals surface area contributed by atoms with Crippen LogP contribution in [0.25, 0.3) is 11.0 Å². The highest BCUT2D eigenvalue weighted by Crippen LogP contribution is 2.28. The number of hydrogen-bond acceptors (Lipinski definition) is 3. The van der Waals surface area contributed by atoms with E-state index in [0.29, 0.717) is 6.04 Å². The number of nitrogens with one attached hydrogen (secondary N) is 2. The van der Waals surface area contributed by atoms with Crippen molar-refractivity contribution in [2.45, 2.75) is 23.0 Å². The van der Waals surface area contributed by atoms with E-state index in [2.05, 4.69) is 46.5 Å². The molecule has 0 amide bonds. The molecule has 1 heterocycles. The van der Waals surface area contributed by atoms with E-state index < -0.39 is 0 Å². The van der Waals surface area contributed by atoms with Crippen molar-refractivity contribution in [1.82, 2.24) is 15.3 Å². The molecule has 2 aromatic carbocycles. The molecule has 20 heavy (non-hydrogen) atoms. The molecule has 3 aromatic rings. The van der Waals surface area contributed by atoms with Crippen molar-refractivity contribution in [3.8, 4) is 0 Å².